The Kier molecular flexibility index (Phi) is 11.4. The zero-order valence-corrected chi connectivity index (χ0v) is 29.0. The zero-order valence-electron chi connectivity index (χ0n) is 28.2. The smallest absolute Gasteiger partial charge is 0.437 e. The van der Waals surface area contributed by atoms with Gasteiger partial charge in [0.25, 0.3) is 10.0 Å². The van der Waals surface area contributed by atoms with Gasteiger partial charge in [0.2, 0.25) is 5.96 Å². The van der Waals surface area contributed by atoms with Crippen LogP contribution >= 0.6 is 0 Å². The minimum atomic E-state index is -4.13. The largest absolute Gasteiger partial charge is 0.444 e. The highest BCUT2D eigenvalue weighted by atomic mass is 32.2. The fraction of sp³-hybridized carbons (Fsp3) is 0.576. The summed E-state index contributed by atoms with van der Waals surface area (Å²) in [4.78, 5) is 47.4. The fourth-order valence-corrected chi connectivity index (χ4v) is 6.71. The van der Waals surface area contributed by atoms with Gasteiger partial charge in [0.1, 0.15) is 11.2 Å². The predicted molar refractivity (Wildman–Crippen MR) is 179 cm³/mol. The Morgan fingerprint density at radius 1 is 0.915 bits per heavy atom. The third-order valence-corrected chi connectivity index (χ3v) is 8.99. The molecule has 0 radical (unpaired) electrons. The number of ether oxygens (including phenoxy) is 2. The minimum Gasteiger partial charge on any atom is -0.444 e. The monoisotopic (exact) mass is 672 g/mol. The lowest BCUT2D eigenvalue weighted by atomic mass is 9.98. The van der Waals surface area contributed by atoms with Gasteiger partial charge in [-0.25, -0.2) is 27.8 Å². The van der Waals surface area contributed by atoms with Crippen molar-refractivity contribution in [3.8, 4) is 0 Å². The lowest BCUT2D eigenvalue weighted by molar-refractivity contribution is 0.0550. The molecule has 1 atom stereocenters. The van der Waals surface area contributed by atoms with Crippen molar-refractivity contribution >= 4 is 45.0 Å². The van der Waals surface area contributed by atoms with Crippen LogP contribution in [-0.2, 0) is 19.5 Å². The number of hydrazine groups is 1. The van der Waals surface area contributed by atoms with Crippen molar-refractivity contribution in [2.75, 3.05) is 19.6 Å². The molecule has 3 N–H and O–H groups in total. The number of likely N-dealkylation sites (tertiary alicyclic amines) is 1. The van der Waals surface area contributed by atoms with E-state index in [1.807, 2.05) is 24.3 Å². The number of carbonyl (C=O) groups excluding carboxylic acids is 3. The van der Waals surface area contributed by atoms with Crippen molar-refractivity contribution in [1.29, 1.82) is 0 Å². The van der Waals surface area contributed by atoms with Crippen LogP contribution in [0.1, 0.15) is 80.1 Å². The minimum absolute atomic E-state index is 0.0356. The number of nitrogens with zero attached hydrogens (tertiary/aromatic N) is 3. The van der Waals surface area contributed by atoms with Gasteiger partial charge in [0.15, 0.2) is 0 Å². The van der Waals surface area contributed by atoms with E-state index in [0.29, 0.717) is 19.4 Å². The van der Waals surface area contributed by atoms with Crippen molar-refractivity contribution in [3.63, 3.8) is 0 Å². The van der Waals surface area contributed by atoms with Gasteiger partial charge in [-0.15, -0.1) is 9.82 Å². The van der Waals surface area contributed by atoms with Crippen molar-refractivity contribution in [2.45, 2.75) is 102 Å². The lowest BCUT2D eigenvalue weighted by Gasteiger charge is -2.37. The molecule has 1 saturated carbocycles. The van der Waals surface area contributed by atoms with E-state index in [1.165, 1.54) is 6.07 Å². The van der Waals surface area contributed by atoms with E-state index in [0.717, 1.165) is 41.5 Å². The molecule has 2 aromatic carbocycles. The summed E-state index contributed by atoms with van der Waals surface area (Å²) in [6.07, 6.45) is 3.26. The van der Waals surface area contributed by atoms with Gasteiger partial charge in [-0.2, -0.15) is 0 Å². The number of hydrogen-bond donors (Lipinski definition) is 3. The summed E-state index contributed by atoms with van der Waals surface area (Å²) >= 11 is 0. The summed E-state index contributed by atoms with van der Waals surface area (Å²) in [7, 11) is -4.13. The molecule has 1 aliphatic heterocycles. The number of carbonyl (C=O) groups is 3. The molecule has 47 heavy (non-hydrogen) atoms. The SMILES string of the molecule is CC(C)(C)OC(=O)/N=C(/NC(=O)OC(C)(C)C)N1CCCC(CN(NS(=O)(=O)c2ccc3ccccc3c2)C(=O)NC2CCCC2)C1. The van der Waals surface area contributed by atoms with Crippen LogP contribution in [0, 0.1) is 5.92 Å². The Balaban J connectivity index is 1.56. The van der Waals surface area contributed by atoms with Crippen molar-refractivity contribution in [2.24, 2.45) is 10.9 Å². The van der Waals surface area contributed by atoms with Crippen molar-refractivity contribution < 1.29 is 32.3 Å². The Morgan fingerprint density at radius 3 is 2.23 bits per heavy atom. The van der Waals surface area contributed by atoms with Gasteiger partial charge in [-0.3, -0.25) is 5.32 Å². The van der Waals surface area contributed by atoms with Crippen molar-refractivity contribution in [1.82, 2.24) is 25.4 Å². The molecule has 2 aromatic rings. The number of nitrogens with one attached hydrogen (secondary N) is 3. The zero-order chi connectivity index (χ0) is 34.4. The second kappa shape index (κ2) is 14.9. The maximum atomic E-state index is 13.6. The summed E-state index contributed by atoms with van der Waals surface area (Å²) in [6.45, 7) is 11.0. The number of rotatable bonds is 6. The molecule has 0 bridgehead atoms. The van der Waals surface area contributed by atoms with Crippen LogP contribution in [0.3, 0.4) is 0 Å². The number of alkyl carbamates (subject to hydrolysis) is 1. The molecule has 0 spiro atoms. The third-order valence-electron chi connectivity index (χ3n) is 7.65. The van der Waals surface area contributed by atoms with Crippen LogP contribution < -0.4 is 15.5 Å². The summed E-state index contributed by atoms with van der Waals surface area (Å²) in [5, 5.41) is 8.36. The first kappa shape index (κ1) is 35.9. The summed E-state index contributed by atoms with van der Waals surface area (Å²) in [5.74, 6) is -0.293. The highest BCUT2D eigenvalue weighted by molar-refractivity contribution is 7.89. The van der Waals surface area contributed by atoms with E-state index in [2.05, 4.69) is 20.5 Å². The number of guanidine groups is 1. The van der Waals surface area contributed by atoms with E-state index in [9.17, 15) is 22.8 Å². The number of sulfonamides is 1. The number of piperidine rings is 1. The number of urea groups is 1. The maximum Gasteiger partial charge on any atom is 0.437 e. The fourth-order valence-electron chi connectivity index (χ4n) is 5.63. The molecule has 0 aromatic heterocycles. The second-order valence-corrected chi connectivity index (χ2v) is 15.8. The van der Waals surface area contributed by atoms with Crippen LogP contribution in [0.2, 0.25) is 0 Å². The first-order chi connectivity index (χ1) is 22.0. The molecule has 1 unspecified atom stereocenters. The Labute approximate surface area is 277 Å². The molecule has 14 heteroatoms. The predicted octanol–water partition coefficient (Wildman–Crippen LogP) is 5.52. The van der Waals surface area contributed by atoms with E-state index in [-0.39, 0.29) is 35.9 Å². The number of fused-ring (bicyclic) bond motifs is 1. The molecule has 13 nitrogen and oxygen atoms in total. The average molecular weight is 673 g/mol. The molecule has 2 aliphatic rings. The quantitative estimate of drug-likeness (QED) is 0.206. The van der Waals surface area contributed by atoms with E-state index in [1.54, 1.807) is 58.6 Å². The van der Waals surface area contributed by atoms with Crippen LogP contribution in [0.4, 0.5) is 14.4 Å². The standard InChI is InChI=1S/C33H48N6O7S/c1-32(2,3)45-30(41)35-28(36-31(42)46-33(4,5)6)38-19-11-12-23(21-38)22-39(29(40)34-26-15-9-10-16-26)37-47(43,44)27-18-17-24-13-7-8-14-25(24)20-27/h7-8,13-14,17-18,20,23,26,37H,9-12,15-16,19,21-22H2,1-6H3,(H,34,40)(H,35,36,41,42). The van der Waals surface area contributed by atoms with Gasteiger partial charge in [-0.1, -0.05) is 43.2 Å². The number of hydrogen-bond acceptors (Lipinski definition) is 7. The molecule has 1 heterocycles. The Hall–Kier alpha value is -3.91. The van der Waals surface area contributed by atoms with Crippen LogP contribution in [0.15, 0.2) is 52.4 Å². The number of aliphatic imine (C=N–C) groups is 1. The van der Waals surface area contributed by atoms with Gasteiger partial charge in [-0.05, 0) is 96.0 Å². The van der Waals surface area contributed by atoms with Crippen LogP contribution in [0.25, 0.3) is 10.8 Å². The maximum absolute atomic E-state index is 13.6. The van der Waals surface area contributed by atoms with E-state index in [4.69, 9.17) is 9.47 Å². The Bertz CT molecular complexity index is 1580. The third kappa shape index (κ3) is 11.1. The number of benzene rings is 2. The molecule has 258 valence electrons. The molecule has 1 saturated heterocycles. The Morgan fingerprint density at radius 2 is 1.57 bits per heavy atom. The highest BCUT2D eigenvalue weighted by Crippen LogP contribution is 2.23. The normalized spacial score (nSPS) is 18.1. The van der Waals surface area contributed by atoms with E-state index < -0.39 is 39.4 Å². The summed E-state index contributed by atoms with van der Waals surface area (Å²) in [6, 6.07) is 11.7. The average Bonchev–Trinajstić information content (AvgIpc) is 3.47. The topological polar surface area (TPSA) is 159 Å². The van der Waals surface area contributed by atoms with Gasteiger partial charge >= 0.3 is 18.2 Å². The van der Waals surface area contributed by atoms with Crippen molar-refractivity contribution in [3.05, 3.63) is 42.5 Å². The lowest BCUT2D eigenvalue weighted by Crippen LogP contribution is -2.56. The molecule has 1 aliphatic carbocycles. The highest BCUT2D eigenvalue weighted by Gasteiger charge is 2.32. The number of amides is 4. The van der Waals surface area contributed by atoms with Crippen LogP contribution in [0.5, 0.6) is 0 Å². The molecular weight excluding hydrogens is 624 g/mol. The molecular formula is C33H48N6O7S. The first-order valence-electron chi connectivity index (χ1n) is 16.1. The van der Waals surface area contributed by atoms with Gasteiger partial charge in [0.05, 0.1) is 4.90 Å². The first-order valence-corrected chi connectivity index (χ1v) is 17.6. The van der Waals surface area contributed by atoms with Gasteiger partial charge < -0.3 is 19.7 Å². The molecule has 2 fully saturated rings. The van der Waals surface area contributed by atoms with Crippen LogP contribution in [-0.4, -0.2) is 79.4 Å². The summed E-state index contributed by atoms with van der Waals surface area (Å²) in [5.41, 5.74) is -1.60. The molecule has 4 rings (SSSR count). The second-order valence-electron chi connectivity index (χ2n) is 14.1. The molecule has 4 amide bonds. The van der Waals surface area contributed by atoms with E-state index >= 15 is 0 Å². The summed E-state index contributed by atoms with van der Waals surface area (Å²) < 4.78 is 38.0. The van der Waals surface area contributed by atoms with Gasteiger partial charge in [0, 0.05) is 25.7 Å².